The first-order chi connectivity index (χ1) is 8.63. The van der Waals surface area contributed by atoms with Crippen LogP contribution in [0.15, 0.2) is 29.4 Å². The van der Waals surface area contributed by atoms with Gasteiger partial charge in [-0.3, -0.25) is 4.79 Å². The van der Waals surface area contributed by atoms with Crippen molar-refractivity contribution in [2.75, 3.05) is 13.1 Å². The van der Waals surface area contributed by atoms with Crippen LogP contribution in [0.4, 0.5) is 0 Å². The first-order valence-electron chi connectivity index (χ1n) is 6.01. The fourth-order valence-electron chi connectivity index (χ4n) is 1.70. The summed E-state index contributed by atoms with van der Waals surface area (Å²) >= 11 is 0. The summed E-state index contributed by atoms with van der Waals surface area (Å²) in [7, 11) is 0. The van der Waals surface area contributed by atoms with Crippen molar-refractivity contribution in [2.45, 2.75) is 20.3 Å². The summed E-state index contributed by atoms with van der Waals surface area (Å²) in [6.07, 6.45) is 0.932. The molecule has 1 aromatic carbocycles. The van der Waals surface area contributed by atoms with E-state index >= 15 is 0 Å². The molecule has 0 saturated carbocycles. The molecule has 1 aromatic rings. The summed E-state index contributed by atoms with van der Waals surface area (Å²) in [6.45, 7) is 5.43. The minimum absolute atomic E-state index is 0.00501. The summed E-state index contributed by atoms with van der Waals surface area (Å²) in [5, 5.41) is 11.5. The van der Waals surface area contributed by atoms with Gasteiger partial charge in [-0.1, -0.05) is 24.2 Å². The van der Waals surface area contributed by atoms with Crippen molar-refractivity contribution >= 4 is 11.7 Å². The lowest BCUT2D eigenvalue weighted by atomic mass is 10.1. The van der Waals surface area contributed by atoms with Crippen molar-refractivity contribution in [1.29, 1.82) is 0 Å². The van der Waals surface area contributed by atoms with Crippen LogP contribution in [0, 0.1) is 0 Å². The zero-order chi connectivity index (χ0) is 13.5. The third-order valence-electron chi connectivity index (χ3n) is 2.70. The standard InChI is InChI=1S/C13H19N3O2/c1-3-9-16(4-2)13(17)11-7-5-10(6-8-11)12(14)15-18/h5-8,18H,3-4,9H2,1-2H3,(H2,14,15). The fourth-order valence-corrected chi connectivity index (χ4v) is 1.70. The molecule has 1 amide bonds. The second-order valence-corrected chi connectivity index (χ2v) is 3.95. The van der Waals surface area contributed by atoms with Gasteiger partial charge in [0.05, 0.1) is 0 Å². The highest BCUT2D eigenvalue weighted by Gasteiger charge is 2.13. The van der Waals surface area contributed by atoms with Gasteiger partial charge in [0.25, 0.3) is 5.91 Å². The molecule has 0 spiro atoms. The van der Waals surface area contributed by atoms with Crippen LogP contribution < -0.4 is 5.73 Å². The number of carbonyl (C=O) groups excluding carboxylic acids is 1. The predicted octanol–water partition coefficient (Wildman–Crippen LogP) is 1.65. The van der Waals surface area contributed by atoms with Gasteiger partial charge >= 0.3 is 0 Å². The van der Waals surface area contributed by atoms with Crippen LogP contribution >= 0.6 is 0 Å². The van der Waals surface area contributed by atoms with Crippen LogP contribution in [0.1, 0.15) is 36.2 Å². The number of hydrogen-bond acceptors (Lipinski definition) is 3. The molecule has 0 aliphatic carbocycles. The topological polar surface area (TPSA) is 78.9 Å². The Labute approximate surface area is 107 Å². The number of rotatable bonds is 5. The zero-order valence-electron chi connectivity index (χ0n) is 10.8. The number of nitrogens with two attached hydrogens (primary N) is 1. The Kier molecular flexibility index (Phi) is 5.17. The van der Waals surface area contributed by atoms with E-state index in [1.807, 2.05) is 13.8 Å². The zero-order valence-corrected chi connectivity index (χ0v) is 10.8. The highest BCUT2D eigenvalue weighted by Crippen LogP contribution is 2.08. The molecule has 0 aliphatic heterocycles. The molecule has 0 heterocycles. The largest absolute Gasteiger partial charge is 0.409 e. The number of amides is 1. The van der Waals surface area contributed by atoms with Gasteiger partial charge in [-0.15, -0.1) is 0 Å². The minimum Gasteiger partial charge on any atom is -0.409 e. The number of amidine groups is 1. The van der Waals surface area contributed by atoms with Crippen molar-refractivity contribution in [3.8, 4) is 0 Å². The van der Waals surface area contributed by atoms with E-state index in [2.05, 4.69) is 5.16 Å². The molecule has 0 bridgehead atoms. The van der Waals surface area contributed by atoms with E-state index in [0.29, 0.717) is 17.7 Å². The lowest BCUT2D eigenvalue weighted by molar-refractivity contribution is 0.0764. The molecular weight excluding hydrogens is 230 g/mol. The lowest BCUT2D eigenvalue weighted by Crippen LogP contribution is -2.31. The van der Waals surface area contributed by atoms with Gasteiger partial charge in [0.15, 0.2) is 5.84 Å². The minimum atomic E-state index is 0.00501. The van der Waals surface area contributed by atoms with Gasteiger partial charge in [-0.25, -0.2) is 0 Å². The average molecular weight is 249 g/mol. The van der Waals surface area contributed by atoms with Gasteiger partial charge in [-0.05, 0) is 25.5 Å². The summed E-state index contributed by atoms with van der Waals surface area (Å²) < 4.78 is 0. The van der Waals surface area contributed by atoms with Crippen LogP contribution in [0.25, 0.3) is 0 Å². The summed E-state index contributed by atoms with van der Waals surface area (Å²) in [4.78, 5) is 13.9. The molecule has 0 aliphatic rings. The normalized spacial score (nSPS) is 11.3. The van der Waals surface area contributed by atoms with Crippen molar-refractivity contribution < 1.29 is 10.0 Å². The molecule has 3 N–H and O–H groups in total. The van der Waals surface area contributed by atoms with Crippen LogP contribution in [-0.2, 0) is 0 Å². The predicted molar refractivity (Wildman–Crippen MR) is 70.8 cm³/mol. The lowest BCUT2D eigenvalue weighted by Gasteiger charge is -2.20. The maximum absolute atomic E-state index is 12.1. The molecule has 0 aromatic heterocycles. The molecule has 0 saturated heterocycles. The molecule has 0 unspecified atom stereocenters. The maximum Gasteiger partial charge on any atom is 0.253 e. The Balaban J connectivity index is 2.87. The van der Waals surface area contributed by atoms with Crippen molar-refractivity contribution in [3.05, 3.63) is 35.4 Å². The third kappa shape index (κ3) is 3.23. The Morgan fingerprint density at radius 3 is 2.28 bits per heavy atom. The van der Waals surface area contributed by atoms with E-state index in [9.17, 15) is 4.79 Å². The van der Waals surface area contributed by atoms with Gasteiger partial charge in [0.2, 0.25) is 0 Å². The van der Waals surface area contributed by atoms with E-state index in [4.69, 9.17) is 10.9 Å². The number of oxime groups is 1. The molecule has 98 valence electrons. The average Bonchev–Trinajstić information content (AvgIpc) is 2.43. The Morgan fingerprint density at radius 2 is 1.83 bits per heavy atom. The first kappa shape index (κ1) is 14.0. The Hall–Kier alpha value is -2.04. The summed E-state index contributed by atoms with van der Waals surface area (Å²) in [6, 6.07) is 6.71. The van der Waals surface area contributed by atoms with E-state index < -0.39 is 0 Å². The quantitative estimate of drug-likeness (QED) is 0.360. The van der Waals surface area contributed by atoms with E-state index in [1.54, 1.807) is 29.2 Å². The van der Waals surface area contributed by atoms with Crippen molar-refractivity contribution in [1.82, 2.24) is 4.90 Å². The number of hydrogen-bond donors (Lipinski definition) is 2. The van der Waals surface area contributed by atoms with Gasteiger partial charge in [0, 0.05) is 24.2 Å². The van der Waals surface area contributed by atoms with Gasteiger partial charge < -0.3 is 15.8 Å². The summed E-state index contributed by atoms with van der Waals surface area (Å²) in [5.41, 5.74) is 6.66. The molecule has 1 rings (SSSR count). The Bertz CT molecular complexity index is 426. The molecule has 0 atom stereocenters. The van der Waals surface area contributed by atoms with E-state index in [0.717, 1.165) is 13.0 Å². The first-order valence-corrected chi connectivity index (χ1v) is 6.01. The van der Waals surface area contributed by atoms with Crippen LogP contribution in [0.3, 0.4) is 0 Å². The van der Waals surface area contributed by atoms with Crippen LogP contribution in [0.5, 0.6) is 0 Å². The molecule has 0 fully saturated rings. The maximum atomic E-state index is 12.1. The second kappa shape index (κ2) is 6.64. The number of nitrogens with zero attached hydrogens (tertiary/aromatic N) is 2. The van der Waals surface area contributed by atoms with Crippen molar-refractivity contribution in [2.24, 2.45) is 10.9 Å². The third-order valence-corrected chi connectivity index (χ3v) is 2.70. The van der Waals surface area contributed by atoms with Crippen molar-refractivity contribution in [3.63, 3.8) is 0 Å². The molecule has 18 heavy (non-hydrogen) atoms. The molecule has 0 radical (unpaired) electrons. The van der Waals surface area contributed by atoms with E-state index in [-0.39, 0.29) is 11.7 Å². The van der Waals surface area contributed by atoms with Gasteiger partial charge in [0.1, 0.15) is 0 Å². The monoisotopic (exact) mass is 249 g/mol. The number of benzene rings is 1. The smallest absolute Gasteiger partial charge is 0.253 e. The second-order valence-electron chi connectivity index (χ2n) is 3.95. The Morgan fingerprint density at radius 1 is 1.28 bits per heavy atom. The molecule has 5 nitrogen and oxygen atoms in total. The van der Waals surface area contributed by atoms with Crippen LogP contribution in [-0.4, -0.2) is 34.9 Å². The highest BCUT2D eigenvalue weighted by molar-refractivity contribution is 5.99. The van der Waals surface area contributed by atoms with Crippen LogP contribution in [0.2, 0.25) is 0 Å². The molecular formula is C13H19N3O2. The number of carbonyl (C=O) groups is 1. The highest BCUT2D eigenvalue weighted by atomic mass is 16.4. The molecule has 5 heteroatoms. The summed E-state index contributed by atoms with van der Waals surface area (Å²) in [5.74, 6) is 0.0420. The van der Waals surface area contributed by atoms with Gasteiger partial charge in [-0.2, -0.15) is 0 Å². The van der Waals surface area contributed by atoms with E-state index in [1.165, 1.54) is 0 Å². The fraction of sp³-hybridized carbons (Fsp3) is 0.385. The SMILES string of the molecule is CCCN(CC)C(=O)c1ccc(/C(N)=N/O)cc1.